The summed E-state index contributed by atoms with van der Waals surface area (Å²) in [7, 11) is 0. The number of amides is 1. The van der Waals surface area contributed by atoms with Crippen LogP contribution in [0.5, 0.6) is 0 Å². The number of nitrogens with zero attached hydrogens (tertiary/aromatic N) is 4. The Labute approximate surface area is 209 Å². The predicted octanol–water partition coefficient (Wildman–Crippen LogP) is 5.77. The van der Waals surface area contributed by atoms with Crippen molar-refractivity contribution in [3.63, 3.8) is 0 Å². The normalized spacial score (nSPS) is 16.5. The van der Waals surface area contributed by atoms with Crippen molar-refractivity contribution in [1.82, 2.24) is 15.0 Å². The third kappa shape index (κ3) is 4.58. The van der Waals surface area contributed by atoms with Crippen LogP contribution in [0.3, 0.4) is 0 Å². The molecular formula is C25H21Cl3N4O. The molecule has 168 valence electrons. The number of carbonyl (C=O) groups excluding carboxylic acids is 1. The third-order valence-corrected chi connectivity index (χ3v) is 5.95. The van der Waals surface area contributed by atoms with E-state index in [0.717, 1.165) is 22.4 Å². The molecule has 0 aliphatic carbocycles. The van der Waals surface area contributed by atoms with Crippen molar-refractivity contribution in [3.05, 3.63) is 113 Å². The fraction of sp³-hybridized carbons (Fsp3) is 0.120. The lowest BCUT2D eigenvalue weighted by Gasteiger charge is -2.29. The van der Waals surface area contributed by atoms with Crippen LogP contribution in [0.25, 0.3) is 0 Å². The summed E-state index contributed by atoms with van der Waals surface area (Å²) < 4.78 is 0. The summed E-state index contributed by atoms with van der Waals surface area (Å²) in [5.74, 6) is 0.650. The number of rotatable bonds is 5. The molecule has 1 atom stereocenters. The molecule has 0 N–H and O–H groups in total. The first-order chi connectivity index (χ1) is 15.2. The summed E-state index contributed by atoms with van der Waals surface area (Å²) in [4.78, 5) is 28.9. The lowest BCUT2D eigenvalue weighted by Crippen LogP contribution is -2.42. The van der Waals surface area contributed by atoms with Crippen molar-refractivity contribution in [3.8, 4) is 0 Å². The topological polar surface area (TPSA) is 59.0 Å². The zero-order valence-corrected chi connectivity index (χ0v) is 19.9. The summed E-state index contributed by atoms with van der Waals surface area (Å²) in [6.45, 7) is 0. The van der Waals surface area contributed by atoms with Crippen LogP contribution in [-0.4, -0.2) is 20.9 Å². The van der Waals surface area contributed by atoms with Gasteiger partial charge in [-0.2, -0.15) is 0 Å². The third-order valence-electron chi connectivity index (χ3n) is 5.70. The zero-order valence-electron chi connectivity index (χ0n) is 17.5. The van der Waals surface area contributed by atoms with Gasteiger partial charge in [-0.1, -0.05) is 23.7 Å². The second kappa shape index (κ2) is 10.3. The van der Waals surface area contributed by atoms with Gasteiger partial charge >= 0.3 is 0 Å². The molecule has 33 heavy (non-hydrogen) atoms. The number of fused-ring (bicyclic) bond motifs is 1. The lowest BCUT2D eigenvalue weighted by atomic mass is 9.73. The van der Waals surface area contributed by atoms with E-state index in [2.05, 4.69) is 15.0 Å². The summed E-state index contributed by atoms with van der Waals surface area (Å²) in [6, 6.07) is 19.0. The molecule has 1 aromatic carbocycles. The van der Waals surface area contributed by atoms with E-state index in [4.69, 9.17) is 11.6 Å². The van der Waals surface area contributed by atoms with Gasteiger partial charge in [0.05, 0.1) is 11.1 Å². The van der Waals surface area contributed by atoms with E-state index in [1.807, 2.05) is 54.7 Å². The minimum atomic E-state index is -0.812. The summed E-state index contributed by atoms with van der Waals surface area (Å²) in [6.07, 6.45) is 9.85. The van der Waals surface area contributed by atoms with Gasteiger partial charge in [-0.3, -0.25) is 19.7 Å². The van der Waals surface area contributed by atoms with Gasteiger partial charge in [-0.25, -0.2) is 4.98 Å². The van der Waals surface area contributed by atoms with E-state index in [0.29, 0.717) is 23.7 Å². The van der Waals surface area contributed by atoms with E-state index >= 15 is 0 Å². The second-order valence-corrected chi connectivity index (χ2v) is 8.08. The lowest BCUT2D eigenvalue weighted by molar-refractivity contribution is -0.122. The Morgan fingerprint density at radius 1 is 0.788 bits per heavy atom. The van der Waals surface area contributed by atoms with Crippen molar-refractivity contribution in [2.75, 3.05) is 4.90 Å². The van der Waals surface area contributed by atoms with Crippen LogP contribution in [0, 0.1) is 0 Å². The average molecular weight is 500 g/mol. The fourth-order valence-electron chi connectivity index (χ4n) is 4.31. The molecule has 1 aliphatic heterocycles. The molecule has 1 aliphatic rings. The molecule has 3 aromatic heterocycles. The largest absolute Gasteiger partial charge is 0.273 e. The van der Waals surface area contributed by atoms with Crippen LogP contribution >= 0.6 is 36.4 Å². The number of aromatic nitrogens is 3. The first-order valence-corrected chi connectivity index (χ1v) is 10.4. The SMILES string of the molecule is Cl.Cl.O=C1N(c2ccc(Cl)cc2)c2ncccc2C1(Cc1ccncc1)Cc1cccnc1. The highest BCUT2D eigenvalue weighted by Gasteiger charge is 2.52. The van der Waals surface area contributed by atoms with Crippen LogP contribution in [0.15, 0.2) is 91.6 Å². The summed E-state index contributed by atoms with van der Waals surface area (Å²) in [5, 5.41) is 0.620. The average Bonchev–Trinajstić information content (AvgIpc) is 3.04. The Morgan fingerprint density at radius 3 is 2.18 bits per heavy atom. The highest BCUT2D eigenvalue weighted by atomic mass is 35.5. The van der Waals surface area contributed by atoms with E-state index in [1.165, 1.54) is 0 Å². The molecule has 5 rings (SSSR count). The number of halogens is 3. The van der Waals surface area contributed by atoms with Gasteiger partial charge < -0.3 is 0 Å². The van der Waals surface area contributed by atoms with Crippen molar-refractivity contribution in [1.29, 1.82) is 0 Å². The maximum atomic E-state index is 14.2. The molecule has 1 amide bonds. The van der Waals surface area contributed by atoms with Crippen LogP contribution in [0.1, 0.15) is 16.7 Å². The van der Waals surface area contributed by atoms with Gasteiger partial charge in [0.1, 0.15) is 5.82 Å². The fourth-order valence-corrected chi connectivity index (χ4v) is 4.43. The second-order valence-electron chi connectivity index (χ2n) is 7.64. The molecule has 0 fully saturated rings. The highest BCUT2D eigenvalue weighted by Crippen LogP contribution is 2.47. The minimum absolute atomic E-state index is 0. The first-order valence-electron chi connectivity index (χ1n) is 10.0. The standard InChI is InChI=1S/C25H19ClN4O.2ClH/c26-20-5-7-21(8-6-20)30-23-22(4-2-12-29-23)25(24(30)31,15-18-9-13-27-14-10-18)16-19-3-1-11-28-17-19;;/h1-14,17H,15-16H2;2*1H. The van der Waals surface area contributed by atoms with Crippen molar-refractivity contribution in [2.45, 2.75) is 18.3 Å². The molecule has 4 heterocycles. The van der Waals surface area contributed by atoms with E-state index in [9.17, 15) is 4.79 Å². The van der Waals surface area contributed by atoms with Crippen molar-refractivity contribution in [2.24, 2.45) is 0 Å². The zero-order chi connectivity index (χ0) is 21.3. The number of pyridine rings is 3. The van der Waals surface area contributed by atoms with Gasteiger partial charge in [-0.05, 0) is 72.5 Å². The Bertz CT molecular complexity index is 1180. The van der Waals surface area contributed by atoms with Crippen LogP contribution < -0.4 is 4.90 Å². The van der Waals surface area contributed by atoms with Gasteiger partial charge in [0.25, 0.3) is 0 Å². The maximum Gasteiger partial charge on any atom is 0.244 e. The molecule has 0 bridgehead atoms. The van der Waals surface area contributed by atoms with E-state index in [-0.39, 0.29) is 30.7 Å². The Morgan fingerprint density at radius 2 is 1.48 bits per heavy atom. The first kappa shape index (κ1) is 24.6. The van der Waals surface area contributed by atoms with E-state index < -0.39 is 5.41 Å². The van der Waals surface area contributed by atoms with Gasteiger partial charge in [0, 0.05) is 41.6 Å². The Hall–Kier alpha value is -2.99. The summed E-state index contributed by atoms with van der Waals surface area (Å²) >= 11 is 6.09. The van der Waals surface area contributed by atoms with Crippen LogP contribution in [-0.2, 0) is 23.1 Å². The molecule has 4 aromatic rings. The van der Waals surface area contributed by atoms with Crippen LogP contribution in [0.2, 0.25) is 5.02 Å². The molecule has 0 saturated carbocycles. The van der Waals surface area contributed by atoms with Crippen LogP contribution in [0.4, 0.5) is 11.5 Å². The molecule has 0 saturated heterocycles. The van der Waals surface area contributed by atoms with Crippen molar-refractivity contribution < 1.29 is 4.79 Å². The van der Waals surface area contributed by atoms with Crippen molar-refractivity contribution >= 4 is 53.8 Å². The predicted molar refractivity (Wildman–Crippen MR) is 135 cm³/mol. The number of carbonyl (C=O) groups is 1. The molecule has 0 radical (unpaired) electrons. The number of hydrogen-bond donors (Lipinski definition) is 0. The molecule has 0 spiro atoms. The maximum absolute atomic E-state index is 14.2. The number of hydrogen-bond acceptors (Lipinski definition) is 4. The quantitative estimate of drug-likeness (QED) is 0.350. The number of benzene rings is 1. The Kier molecular flexibility index (Phi) is 7.69. The molecule has 5 nitrogen and oxygen atoms in total. The van der Waals surface area contributed by atoms with E-state index in [1.54, 1.807) is 41.8 Å². The molecular weight excluding hydrogens is 479 g/mol. The van der Waals surface area contributed by atoms with Gasteiger partial charge in [0.15, 0.2) is 0 Å². The molecule has 8 heteroatoms. The van der Waals surface area contributed by atoms with Gasteiger partial charge in [-0.15, -0.1) is 24.8 Å². The number of anilines is 2. The highest BCUT2D eigenvalue weighted by molar-refractivity contribution is 6.30. The van der Waals surface area contributed by atoms with Gasteiger partial charge in [0.2, 0.25) is 5.91 Å². The Balaban J connectivity index is 0.00000153. The smallest absolute Gasteiger partial charge is 0.244 e. The monoisotopic (exact) mass is 498 g/mol. The molecule has 1 unspecified atom stereocenters. The minimum Gasteiger partial charge on any atom is -0.273 e. The summed E-state index contributed by atoms with van der Waals surface area (Å²) in [5.41, 5.74) is 2.89.